The highest BCUT2D eigenvalue weighted by molar-refractivity contribution is 8.00. The summed E-state index contributed by atoms with van der Waals surface area (Å²) in [5.74, 6) is -0.534. The Morgan fingerprint density at radius 3 is 2.59 bits per heavy atom. The number of hydrogen-bond donors (Lipinski definition) is 4. The maximum Gasteiger partial charge on any atom is 0.243 e. The summed E-state index contributed by atoms with van der Waals surface area (Å²) < 4.78 is 0. The number of carbonyl (C=O) groups excluding carboxylic acids is 4. The maximum atomic E-state index is 11.9. The van der Waals surface area contributed by atoms with Crippen LogP contribution >= 0.6 is 11.8 Å². The van der Waals surface area contributed by atoms with Crippen LogP contribution in [0, 0.1) is 0 Å². The Morgan fingerprint density at radius 2 is 2.00 bits per heavy atom. The van der Waals surface area contributed by atoms with E-state index in [9.17, 15) is 19.2 Å². The number of likely N-dealkylation sites (N-methyl/N-ethyl adjacent to an activating group) is 1. The van der Waals surface area contributed by atoms with Crippen LogP contribution in [0.3, 0.4) is 0 Å². The highest BCUT2D eigenvalue weighted by atomic mass is 32.2. The first-order valence-corrected chi connectivity index (χ1v) is 8.19. The Hall–Kier alpha value is -1.77. The Bertz CT molecular complexity index is 444. The van der Waals surface area contributed by atoms with Gasteiger partial charge in [0.1, 0.15) is 6.04 Å². The smallest absolute Gasteiger partial charge is 0.243 e. The second kappa shape index (κ2) is 9.29. The molecule has 4 N–H and O–H groups in total. The minimum atomic E-state index is -0.556. The van der Waals surface area contributed by atoms with Gasteiger partial charge < -0.3 is 21.3 Å². The van der Waals surface area contributed by atoms with Gasteiger partial charge in [-0.3, -0.25) is 19.2 Å². The third-order valence-electron chi connectivity index (χ3n) is 3.05. The van der Waals surface area contributed by atoms with Gasteiger partial charge in [0.2, 0.25) is 23.6 Å². The molecule has 2 unspecified atom stereocenters. The maximum absolute atomic E-state index is 11.9. The number of carbonyl (C=O) groups is 4. The van der Waals surface area contributed by atoms with Crippen LogP contribution in [0.25, 0.3) is 0 Å². The molecule has 124 valence electrons. The van der Waals surface area contributed by atoms with Gasteiger partial charge in [-0.05, 0) is 6.92 Å². The van der Waals surface area contributed by atoms with Crippen molar-refractivity contribution < 1.29 is 19.2 Å². The highest BCUT2D eigenvalue weighted by Gasteiger charge is 2.33. The zero-order valence-electron chi connectivity index (χ0n) is 12.7. The second-order valence-corrected chi connectivity index (χ2v) is 5.99. The molecule has 1 rings (SSSR count). The predicted molar refractivity (Wildman–Crippen MR) is 83.2 cm³/mol. The fraction of sp³-hybridized carbons (Fsp3) is 0.692. The van der Waals surface area contributed by atoms with E-state index in [1.165, 1.54) is 18.8 Å². The number of amides is 4. The molecule has 8 nitrogen and oxygen atoms in total. The van der Waals surface area contributed by atoms with Crippen molar-refractivity contribution in [1.82, 2.24) is 21.3 Å². The molecule has 0 radical (unpaired) electrons. The molecule has 0 aromatic carbocycles. The molecule has 2 atom stereocenters. The Kier molecular flexibility index (Phi) is 7.72. The molecule has 0 aromatic heterocycles. The Balaban J connectivity index is 2.29. The lowest BCUT2D eigenvalue weighted by atomic mass is 10.2. The van der Waals surface area contributed by atoms with E-state index in [4.69, 9.17) is 0 Å². The van der Waals surface area contributed by atoms with E-state index in [-0.39, 0.29) is 43.0 Å². The van der Waals surface area contributed by atoms with Gasteiger partial charge in [-0.2, -0.15) is 0 Å². The van der Waals surface area contributed by atoms with E-state index in [0.29, 0.717) is 12.3 Å². The number of rotatable bonds is 7. The minimum absolute atomic E-state index is 0.0341. The van der Waals surface area contributed by atoms with Crippen LogP contribution in [0.4, 0.5) is 0 Å². The fourth-order valence-electron chi connectivity index (χ4n) is 1.90. The van der Waals surface area contributed by atoms with Gasteiger partial charge in [-0.15, -0.1) is 11.8 Å². The van der Waals surface area contributed by atoms with E-state index in [2.05, 4.69) is 21.3 Å². The molecule has 0 bridgehead atoms. The summed E-state index contributed by atoms with van der Waals surface area (Å²) in [4.78, 5) is 46.3. The summed E-state index contributed by atoms with van der Waals surface area (Å²) in [6, 6.07) is -0.556. The molecule has 0 aliphatic carbocycles. The number of thioether (sulfide) groups is 1. The summed E-state index contributed by atoms with van der Waals surface area (Å²) in [7, 11) is 1.51. The van der Waals surface area contributed by atoms with Crippen LogP contribution in [-0.4, -0.2) is 60.8 Å². The van der Waals surface area contributed by atoms with Gasteiger partial charge >= 0.3 is 0 Å². The highest BCUT2D eigenvalue weighted by Crippen LogP contribution is 2.20. The van der Waals surface area contributed by atoms with Crippen molar-refractivity contribution in [3.05, 3.63) is 0 Å². The standard InChI is InChI=1S/C13H22N4O4S/c1-3-15-10(18)4-5-16-11(19)6-9-13(21)17-8(7-22-9)12(20)14-2/h8-9H,3-7H2,1-2H3,(H,14,20)(H,15,18)(H,16,19)(H,17,21). The lowest BCUT2D eigenvalue weighted by molar-refractivity contribution is -0.129. The van der Waals surface area contributed by atoms with E-state index in [1.54, 1.807) is 0 Å². The quantitative estimate of drug-likeness (QED) is 0.447. The third-order valence-corrected chi connectivity index (χ3v) is 4.36. The molecule has 9 heteroatoms. The average Bonchev–Trinajstić information content (AvgIpc) is 2.48. The van der Waals surface area contributed by atoms with Gasteiger partial charge in [0, 0.05) is 38.7 Å². The van der Waals surface area contributed by atoms with Gasteiger partial charge in [-0.1, -0.05) is 0 Å². The molecule has 0 aromatic rings. The average molecular weight is 330 g/mol. The molecule has 4 amide bonds. The van der Waals surface area contributed by atoms with E-state index in [1.807, 2.05) is 6.92 Å². The Labute approximate surface area is 133 Å². The van der Waals surface area contributed by atoms with Gasteiger partial charge in [0.15, 0.2) is 0 Å². The summed E-state index contributed by atoms with van der Waals surface area (Å²) in [6.07, 6.45) is 0.245. The van der Waals surface area contributed by atoms with Gasteiger partial charge in [0.25, 0.3) is 0 Å². The number of nitrogens with one attached hydrogen (secondary N) is 4. The van der Waals surface area contributed by atoms with Crippen molar-refractivity contribution in [1.29, 1.82) is 0 Å². The molecular weight excluding hydrogens is 308 g/mol. The van der Waals surface area contributed by atoms with E-state index >= 15 is 0 Å². The van der Waals surface area contributed by atoms with Crippen LogP contribution in [0.15, 0.2) is 0 Å². The van der Waals surface area contributed by atoms with Crippen LogP contribution in [0.5, 0.6) is 0 Å². The number of hydrogen-bond acceptors (Lipinski definition) is 5. The zero-order valence-corrected chi connectivity index (χ0v) is 13.5. The zero-order chi connectivity index (χ0) is 16.5. The van der Waals surface area contributed by atoms with Gasteiger partial charge in [0.05, 0.1) is 5.25 Å². The first kappa shape index (κ1) is 18.3. The predicted octanol–water partition coefficient (Wildman–Crippen LogP) is -1.63. The van der Waals surface area contributed by atoms with Crippen molar-refractivity contribution in [2.75, 3.05) is 25.9 Å². The molecule has 1 aliphatic heterocycles. The first-order chi connectivity index (χ1) is 10.5. The van der Waals surface area contributed by atoms with E-state index < -0.39 is 11.3 Å². The lowest BCUT2D eigenvalue weighted by Gasteiger charge is -2.27. The molecule has 1 aliphatic rings. The van der Waals surface area contributed by atoms with E-state index in [0.717, 1.165) is 0 Å². The lowest BCUT2D eigenvalue weighted by Crippen LogP contribution is -2.54. The summed E-state index contributed by atoms with van der Waals surface area (Å²) in [5, 5.41) is 9.81. The SMILES string of the molecule is CCNC(=O)CCNC(=O)CC1SCC(C(=O)NC)NC1=O. The third kappa shape index (κ3) is 5.92. The van der Waals surface area contributed by atoms with Gasteiger partial charge in [-0.25, -0.2) is 0 Å². The van der Waals surface area contributed by atoms with Crippen molar-refractivity contribution in [3.8, 4) is 0 Å². The topological polar surface area (TPSA) is 116 Å². The molecule has 0 saturated carbocycles. The van der Waals surface area contributed by atoms with Crippen LogP contribution in [0.2, 0.25) is 0 Å². The van der Waals surface area contributed by atoms with Crippen molar-refractivity contribution >= 4 is 35.4 Å². The molecule has 1 heterocycles. The largest absolute Gasteiger partial charge is 0.357 e. The van der Waals surface area contributed by atoms with Crippen LogP contribution in [0.1, 0.15) is 19.8 Å². The summed E-state index contributed by atoms with van der Waals surface area (Å²) in [6.45, 7) is 2.62. The fourth-order valence-corrected chi connectivity index (χ4v) is 3.05. The van der Waals surface area contributed by atoms with Crippen molar-refractivity contribution in [2.24, 2.45) is 0 Å². The molecule has 1 saturated heterocycles. The van der Waals surface area contributed by atoms with Crippen molar-refractivity contribution in [3.63, 3.8) is 0 Å². The minimum Gasteiger partial charge on any atom is -0.357 e. The second-order valence-electron chi connectivity index (χ2n) is 4.75. The van der Waals surface area contributed by atoms with Crippen LogP contribution < -0.4 is 21.3 Å². The van der Waals surface area contributed by atoms with Crippen LogP contribution in [-0.2, 0) is 19.2 Å². The normalized spacial score (nSPS) is 20.7. The summed E-state index contributed by atoms with van der Waals surface area (Å²) >= 11 is 1.29. The molecular formula is C13H22N4O4S. The Morgan fingerprint density at radius 1 is 1.27 bits per heavy atom. The summed E-state index contributed by atoms with van der Waals surface area (Å²) in [5.41, 5.74) is 0. The van der Waals surface area contributed by atoms with Crippen molar-refractivity contribution in [2.45, 2.75) is 31.1 Å². The molecule has 22 heavy (non-hydrogen) atoms. The molecule has 0 spiro atoms. The first-order valence-electron chi connectivity index (χ1n) is 7.14. The monoisotopic (exact) mass is 330 g/mol. The molecule has 1 fully saturated rings.